The van der Waals surface area contributed by atoms with Gasteiger partial charge in [-0.2, -0.15) is 0 Å². The normalized spacial score (nSPS) is 33.1. The first-order chi connectivity index (χ1) is 21.2. The van der Waals surface area contributed by atoms with Gasteiger partial charge in [0.1, 0.15) is 18.3 Å². The summed E-state index contributed by atoms with van der Waals surface area (Å²) in [6.45, 7) is 9.19. The van der Waals surface area contributed by atoms with Crippen molar-refractivity contribution >= 4 is 31.6 Å². The van der Waals surface area contributed by atoms with Crippen LogP contribution in [0.5, 0.6) is 0 Å². The Balaban J connectivity index is 1.47. The molecule has 0 aliphatic carbocycles. The van der Waals surface area contributed by atoms with Gasteiger partial charge in [0.15, 0.2) is 18.0 Å². The lowest BCUT2D eigenvalue weighted by atomic mass is 9.82. The van der Waals surface area contributed by atoms with Gasteiger partial charge in [0.25, 0.3) is 11.8 Å². The van der Waals surface area contributed by atoms with E-state index in [1.165, 1.54) is 11.0 Å². The maximum atomic E-state index is 16.1. The van der Waals surface area contributed by atoms with Crippen LogP contribution in [0.25, 0.3) is 0 Å². The van der Waals surface area contributed by atoms with Crippen molar-refractivity contribution in [3.05, 3.63) is 48.3 Å². The smallest absolute Gasteiger partial charge is 0.264 e. The minimum atomic E-state index is -3.45. The zero-order valence-corrected chi connectivity index (χ0v) is 26.3. The number of aliphatic hydroxyl groups excluding tert-OH is 5. The largest absolute Gasteiger partial charge is 0.396 e. The van der Waals surface area contributed by atoms with Crippen LogP contribution in [0.15, 0.2) is 37.1 Å². The second-order valence-electron chi connectivity index (χ2n) is 12.4. The highest BCUT2D eigenvalue weighted by Gasteiger charge is 2.66. The number of nitrogens with one attached hydrogen (secondary N) is 1. The Bertz CT molecular complexity index is 1440. The molecule has 2 aromatic rings. The van der Waals surface area contributed by atoms with E-state index in [0.29, 0.717) is 36.3 Å². The van der Waals surface area contributed by atoms with Crippen LogP contribution in [0, 0.1) is 5.92 Å². The number of carbonyl (C=O) groups excluding carboxylic acids is 2. The number of aromatic nitrogens is 3. The molecule has 4 heterocycles. The summed E-state index contributed by atoms with van der Waals surface area (Å²) in [5.74, 6) is -1.89. The van der Waals surface area contributed by atoms with Gasteiger partial charge in [-0.05, 0) is 37.7 Å². The van der Waals surface area contributed by atoms with E-state index in [4.69, 9.17) is 9.47 Å². The molecule has 5 rings (SSSR count). The molecule has 1 aromatic carbocycles. The fourth-order valence-corrected chi connectivity index (χ4v) is 9.48. The number of halogens is 1. The first kappa shape index (κ1) is 33.3. The SMILES string of the molecule is C=CCN1C(=O)[C@]2(O[C@H](CCn3cc(CCO)nn3)[C@@H]([Si](C)(C)F)[C@@H]2C)c2cc(NC(=O)[C@H]3O[C@@H](O)[C@H](O)[C@@H](O)[C@@H]3O)ccc21. The average Bonchev–Trinajstić information content (AvgIpc) is 3.63. The molecule has 6 N–H and O–H groups in total. The van der Waals surface area contributed by atoms with Gasteiger partial charge in [-0.15, -0.1) is 11.7 Å². The predicted molar refractivity (Wildman–Crippen MR) is 160 cm³/mol. The van der Waals surface area contributed by atoms with E-state index in [-0.39, 0.29) is 24.7 Å². The summed E-state index contributed by atoms with van der Waals surface area (Å²) in [7, 11) is -3.45. The third kappa shape index (κ3) is 5.85. The number of aryl methyl sites for hydroxylation is 1. The maximum Gasteiger partial charge on any atom is 0.264 e. The Morgan fingerprint density at radius 3 is 2.62 bits per heavy atom. The molecule has 0 radical (unpaired) electrons. The summed E-state index contributed by atoms with van der Waals surface area (Å²) in [5.41, 5.74) is -0.410. The number of anilines is 2. The van der Waals surface area contributed by atoms with E-state index >= 15 is 4.11 Å². The molecule has 14 nitrogen and oxygen atoms in total. The van der Waals surface area contributed by atoms with Crippen LogP contribution >= 0.6 is 0 Å². The van der Waals surface area contributed by atoms with Crippen molar-refractivity contribution in [3.8, 4) is 0 Å². The van der Waals surface area contributed by atoms with Gasteiger partial charge in [0, 0.05) is 55.0 Å². The summed E-state index contributed by atoms with van der Waals surface area (Å²) in [6, 6.07) is 4.72. The highest BCUT2D eigenvalue weighted by Crippen LogP contribution is 2.60. The topological polar surface area (TPSA) is 200 Å². The molecular formula is C29H40FN5O9Si. The third-order valence-electron chi connectivity index (χ3n) is 8.98. The highest BCUT2D eigenvalue weighted by molar-refractivity contribution is 6.72. The molecule has 3 aliphatic rings. The van der Waals surface area contributed by atoms with E-state index in [9.17, 15) is 35.1 Å². The molecule has 1 spiro atoms. The Morgan fingerprint density at radius 1 is 1.22 bits per heavy atom. The fourth-order valence-electron chi connectivity index (χ4n) is 6.93. The quantitative estimate of drug-likeness (QED) is 0.115. The number of rotatable bonds is 10. The predicted octanol–water partition coefficient (Wildman–Crippen LogP) is -0.0508. The Morgan fingerprint density at radius 2 is 1.96 bits per heavy atom. The number of amides is 2. The summed E-state index contributed by atoms with van der Waals surface area (Å²) in [5, 5.41) is 59.9. The summed E-state index contributed by atoms with van der Waals surface area (Å²) >= 11 is 0. The standard InChI is InChI=1S/C29H40FN5O9Si/c1-5-10-35-19-7-6-16(31-26(40)24-22(38)21(37)23(39)27(41)43-24)13-18(19)29(28(35)42)15(2)25(45(3,4)30)20(44-29)8-11-34-14-17(9-12-36)32-33-34/h5-7,13-15,20-25,27,36-39,41H,1,8-12H2,2-4H3,(H,31,40)/t15-,20+,21-,22-,23+,24-,25-,27+,29+/m0/s1. The summed E-state index contributed by atoms with van der Waals surface area (Å²) < 4.78 is 29.4. The van der Waals surface area contributed by atoms with Crippen LogP contribution in [0.1, 0.15) is 24.6 Å². The maximum absolute atomic E-state index is 16.1. The molecule has 3 aliphatic heterocycles. The number of aliphatic hydroxyl groups is 5. The van der Waals surface area contributed by atoms with Crippen LogP contribution in [0.2, 0.25) is 18.6 Å². The molecule has 0 bridgehead atoms. The second-order valence-corrected chi connectivity index (χ2v) is 16.1. The molecule has 2 saturated heterocycles. The van der Waals surface area contributed by atoms with E-state index in [1.54, 1.807) is 49.1 Å². The summed E-state index contributed by atoms with van der Waals surface area (Å²) in [4.78, 5) is 28.9. The van der Waals surface area contributed by atoms with Crippen molar-refractivity contribution in [2.75, 3.05) is 23.4 Å². The molecule has 16 heteroatoms. The van der Waals surface area contributed by atoms with Gasteiger partial charge in [0.2, 0.25) is 8.41 Å². The highest BCUT2D eigenvalue weighted by atomic mass is 28.4. The van der Waals surface area contributed by atoms with Gasteiger partial charge < -0.3 is 49.3 Å². The number of ether oxygens (including phenoxy) is 2. The monoisotopic (exact) mass is 649 g/mol. The van der Waals surface area contributed by atoms with E-state index < -0.39 is 68.2 Å². The Kier molecular flexibility index (Phi) is 9.32. The molecular weight excluding hydrogens is 609 g/mol. The zero-order chi connectivity index (χ0) is 32.8. The van der Waals surface area contributed by atoms with Gasteiger partial charge in [-0.1, -0.05) is 18.2 Å². The molecule has 2 amide bonds. The number of fused-ring (bicyclic) bond motifs is 2. The Labute approximate surface area is 260 Å². The molecule has 0 unspecified atom stereocenters. The zero-order valence-electron chi connectivity index (χ0n) is 25.3. The van der Waals surface area contributed by atoms with Gasteiger partial charge in [0.05, 0.1) is 17.5 Å². The van der Waals surface area contributed by atoms with Crippen molar-refractivity contribution in [2.24, 2.45) is 5.92 Å². The molecule has 1 aromatic heterocycles. The van der Waals surface area contributed by atoms with Gasteiger partial charge in [-0.25, -0.2) is 0 Å². The number of carbonyl (C=O) groups is 2. The number of hydrogen-bond acceptors (Lipinski definition) is 11. The van der Waals surface area contributed by atoms with Crippen LogP contribution in [-0.4, -0.2) is 111 Å². The van der Waals surface area contributed by atoms with Crippen LogP contribution in [-0.2, 0) is 37.6 Å². The first-order valence-electron chi connectivity index (χ1n) is 14.9. The number of benzene rings is 1. The summed E-state index contributed by atoms with van der Waals surface area (Å²) in [6.07, 6.45) is -5.75. The van der Waals surface area contributed by atoms with Crippen molar-refractivity contribution in [3.63, 3.8) is 0 Å². The Hall–Kier alpha value is -3.09. The molecule has 45 heavy (non-hydrogen) atoms. The lowest BCUT2D eigenvalue weighted by Gasteiger charge is -2.37. The minimum Gasteiger partial charge on any atom is -0.396 e. The third-order valence-corrected chi connectivity index (χ3v) is 11.4. The van der Waals surface area contributed by atoms with Crippen molar-refractivity contribution in [2.45, 2.75) is 87.4 Å². The van der Waals surface area contributed by atoms with Crippen LogP contribution in [0.4, 0.5) is 15.5 Å². The van der Waals surface area contributed by atoms with E-state index in [1.807, 2.05) is 0 Å². The van der Waals surface area contributed by atoms with Crippen LogP contribution in [0.3, 0.4) is 0 Å². The van der Waals surface area contributed by atoms with Crippen molar-refractivity contribution in [1.29, 1.82) is 0 Å². The van der Waals surface area contributed by atoms with Crippen molar-refractivity contribution < 1.29 is 48.7 Å². The fraction of sp³-hybridized carbons (Fsp3) is 0.586. The van der Waals surface area contributed by atoms with Crippen molar-refractivity contribution in [1.82, 2.24) is 15.0 Å². The van der Waals surface area contributed by atoms with E-state index in [0.717, 1.165) is 0 Å². The lowest BCUT2D eigenvalue weighted by molar-refractivity contribution is -0.274. The molecule has 9 atom stereocenters. The number of nitrogens with zero attached hydrogens (tertiary/aromatic N) is 4. The molecule has 2 fully saturated rings. The molecule has 0 saturated carbocycles. The van der Waals surface area contributed by atoms with Crippen LogP contribution < -0.4 is 10.2 Å². The molecule has 246 valence electrons. The van der Waals surface area contributed by atoms with Gasteiger partial charge >= 0.3 is 0 Å². The van der Waals surface area contributed by atoms with Gasteiger partial charge in [-0.3, -0.25) is 14.3 Å². The second kappa shape index (κ2) is 12.6. The number of hydrogen-bond donors (Lipinski definition) is 6. The lowest BCUT2D eigenvalue weighted by Crippen LogP contribution is -2.60. The minimum absolute atomic E-state index is 0.0688. The first-order valence-corrected chi connectivity index (χ1v) is 17.8. The van der Waals surface area contributed by atoms with E-state index in [2.05, 4.69) is 22.2 Å². The average molecular weight is 650 g/mol.